The van der Waals surface area contributed by atoms with Crippen molar-refractivity contribution in [1.29, 1.82) is 0 Å². The molecule has 0 unspecified atom stereocenters. The first kappa shape index (κ1) is 14.2. The second-order valence-electron chi connectivity index (χ2n) is 5.34. The number of alkyl halides is 1. The average Bonchev–Trinajstić information content (AvgIpc) is 2.82. The first-order valence-corrected chi connectivity index (χ1v) is 6.93. The SMILES string of the molecule is CCN=C(C)N=C(N)OC[C@@]12CCCN1C[C@H](F)C2. The lowest BCUT2D eigenvalue weighted by Crippen LogP contribution is -2.43. The molecule has 2 aliphatic heterocycles. The summed E-state index contributed by atoms with van der Waals surface area (Å²) in [5, 5.41) is 0. The predicted molar refractivity (Wildman–Crippen MR) is 74.3 cm³/mol. The van der Waals surface area contributed by atoms with Gasteiger partial charge in [-0.3, -0.25) is 9.89 Å². The molecule has 108 valence electrons. The number of nitrogens with two attached hydrogens (primary N) is 1. The van der Waals surface area contributed by atoms with Crippen molar-refractivity contribution in [3.05, 3.63) is 0 Å². The van der Waals surface area contributed by atoms with E-state index in [1.54, 1.807) is 6.92 Å². The molecule has 2 fully saturated rings. The van der Waals surface area contributed by atoms with Crippen LogP contribution in [0.25, 0.3) is 0 Å². The number of nitrogens with zero attached hydrogens (tertiary/aromatic N) is 3. The Morgan fingerprint density at radius 3 is 3.11 bits per heavy atom. The van der Waals surface area contributed by atoms with Gasteiger partial charge in [0.2, 0.25) is 0 Å². The lowest BCUT2D eigenvalue weighted by Gasteiger charge is -2.30. The molecular formula is C13H23FN4O. The van der Waals surface area contributed by atoms with Gasteiger partial charge >= 0.3 is 0 Å². The van der Waals surface area contributed by atoms with Gasteiger partial charge in [-0.05, 0) is 33.2 Å². The van der Waals surface area contributed by atoms with Crippen molar-refractivity contribution in [1.82, 2.24) is 4.90 Å². The highest BCUT2D eigenvalue weighted by molar-refractivity contribution is 5.91. The molecular weight excluding hydrogens is 247 g/mol. The highest BCUT2D eigenvalue weighted by Gasteiger charge is 2.49. The van der Waals surface area contributed by atoms with Crippen molar-refractivity contribution in [2.75, 3.05) is 26.2 Å². The first-order valence-electron chi connectivity index (χ1n) is 6.93. The van der Waals surface area contributed by atoms with Crippen LogP contribution in [0.5, 0.6) is 0 Å². The fraction of sp³-hybridized carbons (Fsp3) is 0.846. The summed E-state index contributed by atoms with van der Waals surface area (Å²) < 4.78 is 19.1. The molecule has 2 N–H and O–H groups in total. The van der Waals surface area contributed by atoms with Crippen molar-refractivity contribution in [2.24, 2.45) is 15.7 Å². The normalized spacial score (nSPS) is 32.7. The van der Waals surface area contributed by atoms with Crippen LogP contribution in [0.15, 0.2) is 9.98 Å². The van der Waals surface area contributed by atoms with Gasteiger partial charge in [-0.15, -0.1) is 0 Å². The van der Waals surface area contributed by atoms with Crippen molar-refractivity contribution < 1.29 is 9.13 Å². The molecule has 0 aliphatic carbocycles. The molecule has 6 heteroatoms. The quantitative estimate of drug-likeness (QED) is 0.621. The zero-order valence-electron chi connectivity index (χ0n) is 11.7. The molecule has 0 bridgehead atoms. The maximum atomic E-state index is 13.5. The largest absolute Gasteiger partial charge is 0.463 e. The second kappa shape index (κ2) is 5.86. The van der Waals surface area contributed by atoms with E-state index in [-0.39, 0.29) is 11.6 Å². The van der Waals surface area contributed by atoms with Crippen molar-refractivity contribution >= 4 is 11.9 Å². The molecule has 0 aromatic carbocycles. The maximum Gasteiger partial charge on any atom is 0.288 e. The van der Waals surface area contributed by atoms with E-state index in [4.69, 9.17) is 10.5 Å². The fourth-order valence-electron chi connectivity index (χ4n) is 3.11. The predicted octanol–water partition coefficient (Wildman–Crippen LogP) is 1.33. The lowest BCUT2D eigenvalue weighted by atomic mass is 9.95. The van der Waals surface area contributed by atoms with Gasteiger partial charge in [0.05, 0.1) is 5.54 Å². The minimum atomic E-state index is -0.745. The lowest BCUT2D eigenvalue weighted by molar-refractivity contribution is 0.106. The molecule has 0 spiro atoms. The van der Waals surface area contributed by atoms with Crippen LogP contribution in [-0.4, -0.2) is 54.7 Å². The maximum absolute atomic E-state index is 13.5. The summed E-state index contributed by atoms with van der Waals surface area (Å²) in [7, 11) is 0. The zero-order valence-corrected chi connectivity index (χ0v) is 11.7. The molecule has 5 nitrogen and oxygen atoms in total. The van der Waals surface area contributed by atoms with Crippen LogP contribution in [0.4, 0.5) is 4.39 Å². The third-order valence-electron chi connectivity index (χ3n) is 3.91. The van der Waals surface area contributed by atoms with E-state index in [1.807, 2.05) is 6.92 Å². The Balaban J connectivity index is 1.93. The van der Waals surface area contributed by atoms with Crippen LogP contribution in [0.3, 0.4) is 0 Å². The van der Waals surface area contributed by atoms with E-state index in [9.17, 15) is 4.39 Å². The van der Waals surface area contributed by atoms with E-state index < -0.39 is 6.17 Å². The summed E-state index contributed by atoms with van der Waals surface area (Å²) in [5.41, 5.74) is 5.56. The minimum Gasteiger partial charge on any atom is -0.463 e. The smallest absolute Gasteiger partial charge is 0.288 e. The van der Waals surface area contributed by atoms with Gasteiger partial charge in [0.15, 0.2) is 0 Å². The van der Waals surface area contributed by atoms with Crippen LogP contribution in [0, 0.1) is 0 Å². The van der Waals surface area contributed by atoms with Gasteiger partial charge in [0, 0.05) is 19.5 Å². The van der Waals surface area contributed by atoms with Crippen LogP contribution in [0.2, 0.25) is 0 Å². The van der Waals surface area contributed by atoms with Crippen molar-refractivity contribution in [2.45, 2.75) is 44.8 Å². The number of aliphatic imine (C=N–C) groups is 2. The monoisotopic (exact) mass is 270 g/mol. The number of ether oxygens (including phenoxy) is 1. The van der Waals surface area contributed by atoms with E-state index in [2.05, 4.69) is 14.9 Å². The van der Waals surface area contributed by atoms with Gasteiger partial charge in [0.25, 0.3) is 6.02 Å². The molecule has 2 atom stereocenters. The Kier molecular flexibility index (Phi) is 4.39. The molecule has 2 rings (SSSR count). The van der Waals surface area contributed by atoms with Gasteiger partial charge in [-0.2, -0.15) is 4.99 Å². The van der Waals surface area contributed by atoms with Crippen LogP contribution >= 0.6 is 0 Å². The number of fused-ring (bicyclic) bond motifs is 1. The van der Waals surface area contributed by atoms with Crippen LogP contribution < -0.4 is 5.73 Å². The molecule has 2 heterocycles. The topological polar surface area (TPSA) is 63.2 Å². The Morgan fingerprint density at radius 2 is 2.37 bits per heavy atom. The Labute approximate surface area is 113 Å². The highest BCUT2D eigenvalue weighted by Crippen LogP contribution is 2.40. The summed E-state index contributed by atoms with van der Waals surface area (Å²) >= 11 is 0. The fourth-order valence-corrected chi connectivity index (χ4v) is 3.11. The van der Waals surface area contributed by atoms with Gasteiger partial charge < -0.3 is 10.5 Å². The molecule has 2 aliphatic rings. The highest BCUT2D eigenvalue weighted by atomic mass is 19.1. The number of amidine groups is 2. The number of rotatable bonds is 3. The molecule has 2 saturated heterocycles. The molecule has 0 aromatic rings. The van der Waals surface area contributed by atoms with Gasteiger partial charge in [0.1, 0.15) is 18.6 Å². The van der Waals surface area contributed by atoms with Gasteiger partial charge in [-0.1, -0.05) is 0 Å². The van der Waals surface area contributed by atoms with Crippen molar-refractivity contribution in [3.8, 4) is 0 Å². The molecule has 0 aromatic heterocycles. The standard InChI is InChI=1S/C13H23FN4O/c1-3-16-10(2)17-12(15)19-9-13-5-4-6-18(13)8-11(14)7-13/h11H,3-9H2,1-2H3,(H2,15,16,17)/t11-,13+/m1/s1. The summed E-state index contributed by atoms with van der Waals surface area (Å²) in [6, 6.07) is 0.123. The molecule has 0 saturated carbocycles. The second-order valence-corrected chi connectivity index (χ2v) is 5.34. The first-order chi connectivity index (χ1) is 9.05. The van der Waals surface area contributed by atoms with E-state index in [0.29, 0.717) is 32.0 Å². The van der Waals surface area contributed by atoms with Gasteiger partial charge in [-0.25, -0.2) is 4.39 Å². The third-order valence-corrected chi connectivity index (χ3v) is 3.91. The van der Waals surface area contributed by atoms with Crippen molar-refractivity contribution in [3.63, 3.8) is 0 Å². The number of hydrogen-bond acceptors (Lipinski definition) is 3. The summed E-state index contributed by atoms with van der Waals surface area (Å²) in [4.78, 5) is 10.4. The van der Waals surface area contributed by atoms with E-state index >= 15 is 0 Å². The molecule has 19 heavy (non-hydrogen) atoms. The summed E-state index contributed by atoms with van der Waals surface area (Å²) in [6.07, 6.45) is 1.87. The third kappa shape index (κ3) is 3.23. The Morgan fingerprint density at radius 1 is 1.58 bits per heavy atom. The molecule has 0 radical (unpaired) electrons. The van der Waals surface area contributed by atoms with E-state index in [1.165, 1.54) is 0 Å². The minimum absolute atomic E-state index is 0.123. The van der Waals surface area contributed by atoms with E-state index in [0.717, 1.165) is 19.4 Å². The number of hydrogen-bond donors (Lipinski definition) is 1. The summed E-state index contributed by atoms with van der Waals surface area (Å²) in [6.45, 7) is 6.29. The molecule has 0 amide bonds. The number of halogens is 1. The van der Waals surface area contributed by atoms with Crippen LogP contribution in [0.1, 0.15) is 33.1 Å². The zero-order chi connectivity index (χ0) is 13.9. The summed E-state index contributed by atoms with van der Waals surface area (Å²) in [5.74, 6) is 0.607. The Hall–Kier alpha value is -1.17. The Bertz CT molecular complexity index is 385. The average molecular weight is 270 g/mol. The van der Waals surface area contributed by atoms with Crippen LogP contribution in [-0.2, 0) is 4.74 Å².